The number of aromatic nitrogens is 1. The predicted molar refractivity (Wildman–Crippen MR) is 83.2 cm³/mol. The number of methoxy groups -OCH3 is 1. The Morgan fingerprint density at radius 2 is 2.05 bits per heavy atom. The fourth-order valence-corrected chi connectivity index (χ4v) is 3.29. The minimum absolute atomic E-state index is 0.174. The maximum absolute atomic E-state index is 11.7. The molecule has 0 aliphatic carbocycles. The molecule has 0 radical (unpaired) electrons. The standard InChI is InChI=1S/C17H22N2O2/c1-4-5-19-11(2)14(8-17(20)21-3)15-6-12-9-18-10-13(12)7-16(15)19/h6-7,18H,4-5,8-10H2,1-3H3. The van der Waals surface area contributed by atoms with Gasteiger partial charge in [0.2, 0.25) is 0 Å². The minimum Gasteiger partial charge on any atom is -0.469 e. The predicted octanol–water partition coefficient (Wildman–Crippen LogP) is 2.68. The average Bonchev–Trinajstić information content (AvgIpc) is 3.03. The third-order valence-corrected chi connectivity index (χ3v) is 4.40. The highest BCUT2D eigenvalue weighted by Crippen LogP contribution is 2.31. The van der Waals surface area contributed by atoms with E-state index in [0.29, 0.717) is 6.42 Å². The van der Waals surface area contributed by atoms with Crippen molar-refractivity contribution in [3.05, 3.63) is 34.5 Å². The number of ether oxygens (including phenoxy) is 1. The van der Waals surface area contributed by atoms with Gasteiger partial charge < -0.3 is 14.6 Å². The molecule has 1 aromatic heterocycles. The Kier molecular flexibility index (Phi) is 3.72. The molecule has 21 heavy (non-hydrogen) atoms. The van der Waals surface area contributed by atoms with Crippen LogP contribution >= 0.6 is 0 Å². The monoisotopic (exact) mass is 286 g/mol. The van der Waals surface area contributed by atoms with Crippen LogP contribution in [0.5, 0.6) is 0 Å². The third kappa shape index (κ3) is 2.33. The molecule has 1 aliphatic heterocycles. The summed E-state index contributed by atoms with van der Waals surface area (Å²) >= 11 is 0. The smallest absolute Gasteiger partial charge is 0.310 e. The van der Waals surface area contributed by atoms with Crippen molar-refractivity contribution in [2.75, 3.05) is 7.11 Å². The van der Waals surface area contributed by atoms with E-state index in [9.17, 15) is 4.79 Å². The van der Waals surface area contributed by atoms with E-state index in [1.165, 1.54) is 34.8 Å². The van der Waals surface area contributed by atoms with E-state index in [1.54, 1.807) is 0 Å². The second-order valence-corrected chi connectivity index (χ2v) is 5.71. The summed E-state index contributed by atoms with van der Waals surface area (Å²) in [6, 6.07) is 4.54. The molecular formula is C17H22N2O2. The quantitative estimate of drug-likeness (QED) is 0.879. The van der Waals surface area contributed by atoms with Gasteiger partial charge in [0.15, 0.2) is 0 Å². The second-order valence-electron chi connectivity index (χ2n) is 5.71. The van der Waals surface area contributed by atoms with Crippen LogP contribution in [-0.4, -0.2) is 17.6 Å². The number of benzene rings is 1. The van der Waals surface area contributed by atoms with Crippen molar-refractivity contribution in [3.8, 4) is 0 Å². The largest absolute Gasteiger partial charge is 0.469 e. The Hall–Kier alpha value is -1.81. The number of nitrogens with one attached hydrogen (secondary N) is 1. The summed E-state index contributed by atoms with van der Waals surface area (Å²) in [7, 11) is 1.45. The Morgan fingerprint density at radius 1 is 1.33 bits per heavy atom. The van der Waals surface area contributed by atoms with Crippen LogP contribution in [0.25, 0.3) is 10.9 Å². The summed E-state index contributed by atoms with van der Waals surface area (Å²) in [4.78, 5) is 11.7. The molecule has 3 rings (SSSR count). The summed E-state index contributed by atoms with van der Waals surface area (Å²) in [5, 5.41) is 4.59. The van der Waals surface area contributed by atoms with Crippen molar-refractivity contribution in [1.82, 2.24) is 9.88 Å². The normalized spacial score (nSPS) is 13.7. The van der Waals surface area contributed by atoms with Crippen molar-refractivity contribution in [2.24, 2.45) is 0 Å². The highest BCUT2D eigenvalue weighted by atomic mass is 16.5. The summed E-state index contributed by atoms with van der Waals surface area (Å²) in [6.45, 7) is 7.13. The van der Waals surface area contributed by atoms with Crippen LogP contribution in [0.4, 0.5) is 0 Å². The van der Waals surface area contributed by atoms with Crippen molar-refractivity contribution >= 4 is 16.9 Å². The maximum Gasteiger partial charge on any atom is 0.310 e. The van der Waals surface area contributed by atoms with E-state index in [2.05, 4.69) is 35.9 Å². The van der Waals surface area contributed by atoms with Crippen molar-refractivity contribution < 1.29 is 9.53 Å². The first kappa shape index (κ1) is 14.1. The molecule has 0 amide bonds. The summed E-state index contributed by atoms with van der Waals surface area (Å²) in [6.07, 6.45) is 1.43. The number of nitrogens with zero attached hydrogens (tertiary/aromatic N) is 1. The van der Waals surface area contributed by atoms with Gasteiger partial charge >= 0.3 is 5.97 Å². The van der Waals surface area contributed by atoms with Crippen LogP contribution in [-0.2, 0) is 35.6 Å². The SMILES string of the molecule is CCCn1c(C)c(CC(=O)OC)c2cc3c(cc21)CNC3. The first-order valence-electron chi connectivity index (χ1n) is 7.56. The topological polar surface area (TPSA) is 43.3 Å². The summed E-state index contributed by atoms with van der Waals surface area (Å²) in [5.74, 6) is -0.174. The molecular weight excluding hydrogens is 264 g/mol. The van der Waals surface area contributed by atoms with Gasteiger partial charge in [0.1, 0.15) is 0 Å². The Balaban J connectivity index is 2.20. The molecule has 112 valence electrons. The van der Waals surface area contributed by atoms with E-state index >= 15 is 0 Å². The first-order chi connectivity index (χ1) is 10.2. The Bertz CT molecular complexity index is 701. The van der Waals surface area contributed by atoms with Gasteiger partial charge in [0.25, 0.3) is 0 Å². The molecule has 1 N–H and O–H groups in total. The molecule has 0 fully saturated rings. The number of fused-ring (bicyclic) bond motifs is 2. The number of carbonyl (C=O) groups excluding carboxylic acids is 1. The third-order valence-electron chi connectivity index (χ3n) is 4.40. The fourth-order valence-electron chi connectivity index (χ4n) is 3.29. The van der Waals surface area contributed by atoms with Crippen LogP contribution < -0.4 is 5.32 Å². The first-order valence-corrected chi connectivity index (χ1v) is 7.56. The maximum atomic E-state index is 11.7. The molecule has 0 bridgehead atoms. The Morgan fingerprint density at radius 3 is 2.71 bits per heavy atom. The van der Waals surface area contributed by atoms with Gasteiger partial charge in [-0.2, -0.15) is 0 Å². The van der Waals surface area contributed by atoms with Gasteiger partial charge in [-0.3, -0.25) is 4.79 Å². The lowest BCUT2D eigenvalue weighted by Gasteiger charge is -2.07. The van der Waals surface area contributed by atoms with Crippen LogP contribution in [0.15, 0.2) is 12.1 Å². The molecule has 0 saturated carbocycles. The number of hydrogen-bond donors (Lipinski definition) is 1. The zero-order chi connectivity index (χ0) is 15.0. The van der Waals surface area contributed by atoms with Gasteiger partial charge in [-0.05, 0) is 42.2 Å². The highest BCUT2D eigenvalue weighted by Gasteiger charge is 2.20. The fraction of sp³-hybridized carbons (Fsp3) is 0.471. The van der Waals surface area contributed by atoms with Gasteiger partial charge in [0.05, 0.1) is 13.5 Å². The Labute approximate surface area is 125 Å². The lowest BCUT2D eigenvalue weighted by atomic mass is 10.0. The molecule has 2 heterocycles. The van der Waals surface area contributed by atoms with Crippen molar-refractivity contribution in [1.29, 1.82) is 0 Å². The van der Waals surface area contributed by atoms with Gasteiger partial charge in [-0.15, -0.1) is 0 Å². The molecule has 0 saturated heterocycles. The second kappa shape index (κ2) is 5.53. The average molecular weight is 286 g/mol. The van der Waals surface area contributed by atoms with Gasteiger partial charge in [-0.1, -0.05) is 6.92 Å². The number of hydrogen-bond acceptors (Lipinski definition) is 3. The van der Waals surface area contributed by atoms with Crippen LogP contribution in [0.3, 0.4) is 0 Å². The van der Waals surface area contributed by atoms with E-state index < -0.39 is 0 Å². The van der Waals surface area contributed by atoms with E-state index in [1.807, 2.05) is 0 Å². The number of esters is 1. The van der Waals surface area contributed by atoms with Crippen molar-refractivity contribution in [2.45, 2.75) is 46.3 Å². The van der Waals surface area contributed by atoms with Gasteiger partial charge in [0, 0.05) is 36.2 Å². The molecule has 2 aromatic rings. The molecule has 0 spiro atoms. The summed E-state index contributed by atoms with van der Waals surface area (Å²) in [5.41, 5.74) is 6.27. The molecule has 0 unspecified atom stereocenters. The highest BCUT2D eigenvalue weighted by molar-refractivity contribution is 5.90. The molecule has 1 aliphatic rings. The number of aryl methyl sites for hydroxylation is 1. The zero-order valence-corrected chi connectivity index (χ0v) is 13.0. The summed E-state index contributed by atoms with van der Waals surface area (Å²) < 4.78 is 7.20. The molecule has 4 heteroatoms. The lowest BCUT2D eigenvalue weighted by molar-refractivity contribution is -0.139. The molecule has 1 aromatic carbocycles. The lowest BCUT2D eigenvalue weighted by Crippen LogP contribution is -2.06. The van der Waals surface area contributed by atoms with Crippen molar-refractivity contribution in [3.63, 3.8) is 0 Å². The van der Waals surface area contributed by atoms with E-state index in [4.69, 9.17) is 4.74 Å². The molecule has 0 atom stereocenters. The zero-order valence-electron chi connectivity index (χ0n) is 13.0. The van der Waals surface area contributed by atoms with Gasteiger partial charge in [-0.25, -0.2) is 0 Å². The van der Waals surface area contributed by atoms with Crippen LogP contribution in [0, 0.1) is 6.92 Å². The molecule has 4 nitrogen and oxygen atoms in total. The number of carbonyl (C=O) groups is 1. The van der Waals surface area contributed by atoms with Crippen LogP contribution in [0.2, 0.25) is 0 Å². The number of rotatable bonds is 4. The van der Waals surface area contributed by atoms with E-state index in [0.717, 1.165) is 31.6 Å². The van der Waals surface area contributed by atoms with Crippen LogP contribution in [0.1, 0.15) is 35.7 Å². The van der Waals surface area contributed by atoms with E-state index in [-0.39, 0.29) is 5.97 Å². The minimum atomic E-state index is -0.174.